The van der Waals surface area contributed by atoms with Crippen LogP contribution in [0.15, 0.2) is 79.3 Å². The van der Waals surface area contributed by atoms with Crippen LogP contribution in [-0.2, 0) is 4.79 Å². The number of rotatable bonds is 6. The Morgan fingerprint density at radius 2 is 1.83 bits per heavy atom. The second kappa shape index (κ2) is 10.6. The first kappa shape index (κ1) is 25.1. The molecule has 2 aromatic carbocycles. The molecule has 0 bridgehead atoms. The standard InChI is InChI=1S/C32H28FN7O/c33-27-4-2-1-3-24(27)23-9-12-36-32-25(23)16-29(38-32)31-26-15-20(5-6-28(26)39-40-31)21-14-22(18-35-17-21)37-30(41)13-19-7-10-34-11-8-19/h1-6,9,12,14-19,34H,7-8,10-11,13H2,(H,36,38)(H,37,41)(H,39,40). The van der Waals surface area contributed by atoms with Crippen molar-refractivity contribution in [3.05, 3.63) is 85.1 Å². The number of H-pyrrole nitrogens is 2. The molecule has 0 saturated carbocycles. The lowest BCUT2D eigenvalue weighted by atomic mass is 9.94. The second-order valence-corrected chi connectivity index (χ2v) is 10.5. The number of aromatic amines is 2. The smallest absolute Gasteiger partial charge is 0.224 e. The molecule has 0 atom stereocenters. The predicted molar refractivity (Wildman–Crippen MR) is 159 cm³/mol. The van der Waals surface area contributed by atoms with E-state index in [1.54, 1.807) is 30.7 Å². The van der Waals surface area contributed by atoms with Crippen molar-refractivity contribution in [2.75, 3.05) is 18.4 Å². The highest BCUT2D eigenvalue weighted by molar-refractivity contribution is 6.01. The van der Waals surface area contributed by atoms with Crippen molar-refractivity contribution in [2.24, 2.45) is 5.92 Å². The summed E-state index contributed by atoms with van der Waals surface area (Å²) in [5.74, 6) is 0.151. The molecule has 5 heterocycles. The zero-order valence-electron chi connectivity index (χ0n) is 22.2. The van der Waals surface area contributed by atoms with E-state index >= 15 is 0 Å². The zero-order valence-corrected chi connectivity index (χ0v) is 22.2. The van der Waals surface area contributed by atoms with Gasteiger partial charge < -0.3 is 15.6 Å². The number of benzene rings is 2. The van der Waals surface area contributed by atoms with Crippen LogP contribution < -0.4 is 10.6 Å². The van der Waals surface area contributed by atoms with Crippen LogP contribution in [0.5, 0.6) is 0 Å². The molecule has 1 aliphatic rings. The Labute approximate surface area is 235 Å². The van der Waals surface area contributed by atoms with Crippen LogP contribution in [0.2, 0.25) is 0 Å². The molecule has 4 N–H and O–H groups in total. The van der Waals surface area contributed by atoms with E-state index in [4.69, 9.17) is 0 Å². The lowest BCUT2D eigenvalue weighted by Crippen LogP contribution is -2.30. The summed E-state index contributed by atoms with van der Waals surface area (Å²) in [4.78, 5) is 24.9. The van der Waals surface area contributed by atoms with E-state index in [9.17, 15) is 9.18 Å². The molecule has 0 radical (unpaired) electrons. The zero-order chi connectivity index (χ0) is 27.8. The maximum Gasteiger partial charge on any atom is 0.224 e. The molecule has 0 unspecified atom stereocenters. The number of fused-ring (bicyclic) bond motifs is 2. The highest BCUT2D eigenvalue weighted by Crippen LogP contribution is 2.35. The van der Waals surface area contributed by atoms with Crippen molar-refractivity contribution in [3.63, 3.8) is 0 Å². The largest absolute Gasteiger partial charge is 0.338 e. The van der Waals surface area contributed by atoms with Gasteiger partial charge in [0.05, 0.1) is 23.1 Å². The summed E-state index contributed by atoms with van der Waals surface area (Å²) < 4.78 is 14.6. The SMILES string of the molecule is O=C(CC1CCNCC1)Nc1cncc(-c2ccc3[nH]nc(-c4cc5c(-c6ccccc6F)ccnc5[nH]4)c3c2)c1. The number of nitrogens with zero attached hydrogens (tertiary/aromatic N) is 3. The van der Waals surface area contributed by atoms with E-state index in [-0.39, 0.29) is 11.7 Å². The average molecular weight is 546 g/mol. The minimum atomic E-state index is -0.282. The van der Waals surface area contributed by atoms with Gasteiger partial charge in [0.15, 0.2) is 0 Å². The van der Waals surface area contributed by atoms with Gasteiger partial charge >= 0.3 is 0 Å². The van der Waals surface area contributed by atoms with Crippen molar-refractivity contribution >= 4 is 33.5 Å². The molecule has 0 aliphatic carbocycles. The molecule has 204 valence electrons. The molecule has 9 heteroatoms. The first-order valence-electron chi connectivity index (χ1n) is 13.8. The van der Waals surface area contributed by atoms with E-state index in [1.807, 2.05) is 36.4 Å². The normalized spacial score (nSPS) is 14.1. The molecule has 6 aromatic rings. The van der Waals surface area contributed by atoms with Gasteiger partial charge in [-0.2, -0.15) is 5.10 Å². The molecular weight excluding hydrogens is 517 g/mol. The van der Waals surface area contributed by atoms with Crippen LogP contribution in [0, 0.1) is 11.7 Å². The summed E-state index contributed by atoms with van der Waals surface area (Å²) in [5, 5.41) is 15.8. The minimum Gasteiger partial charge on any atom is -0.338 e. The lowest BCUT2D eigenvalue weighted by molar-refractivity contribution is -0.117. The molecule has 1 amide bonds. The molecule has 1 fully saturated rings. The maximum atomic E-state index is 14.6. The van der Waals surface area contributed by atoms with Crippen LogP contribution >= 0.6 is 0 Å². The van der Waals surface area contributed by atoms with Crippen LogP contribution in [-0.4, -0.2) is 44.1 Å². The minimum absolute atomic E-state index is 0.0191. The summed E-state index contributed by atoms with van der Waals surface area (Å²) in [6, 6.07) is 18.5. The van der Waals surface area contributed by atoms with Crippen molar-refractivity contribution in [3.8, 4) is 33.6 Å². The summed E-state index contributed by atoms with van der Waals surface area (Å²) >= 11 is 0. The highest BCUT2D eigenvalue weighted by Gasteiger charge is 2.18. The van der Waals surface area contributed by atoms with Gasteiger partial charge in [-0.25, -0.2) is 9.37 Å². The first-order valence-corrected chi connectivity index (χ1v) is 13.8. The molecule has 1 saturated heterocycles. The van der Waals surface area contributed by atoms with Gasteiger partial charge in [-0.05, 0) is 79.4 Å². The first-order chi connectivity index (χ1) is 20.1. The Bertz CT molecular complexity index is 1890. The van der Waals surface area contributed by atoms with E-state index in [1.165, 1.54) is 6.07 Å². The Morgan fingerprint density at radius 1 is 0.951 bits per heavy atom. The fourth-order valence-electron chi connectivity index (χ4n) is 5.69. The lowest BCUT2D eigenvalue weighted by Gasteiger charge is -2.21. The molecule has 4 aromatic heterocycles. The van der Waals surface area contributed by atoms with Crippen LogP contribution in [0.25, 0.3) is 55.6 Å². The number of halogens is 1. The molecule has 8 nitrogen and oxygen atoms in total. The number of hydrogen-bond acceptors (Lipinski definition) is 5. The van der Waals surface area contributed by atoms with Gasteiger partial charge in [-0.3, -0.25) is 14.9 Å². The average Bonchev–Trinajstić information content (AvgIpc) is 3.62. The van der Waals surface area contributed by atoms with Crippen LogP contribution in [0.4, 0.5) is 10.1 Å². The monoisotopic (exact) mass is 545 g/mol. The second-order valence-electron chi connectivity index (χ2n) is 10.5. The Balaban J connectivity index is 1.20. The topological polar surface area (TPSA) is 111 Å². The summed E-state index contributed by atoms with van der Waals surface area (Å²) in [6.07, 6.45) is 7.71. The van der Waals surface area contributed by atoms with Crippen molar-refractivity contribution in [2.45, 2.75) is 19.3 Å². The molecule has 0 spiro atoms. The fourth-order valence-corrected chi connectivity index (χ4v) is 5.69. The summed E-state index contributed by atoms with van der Waals surface area (Å²) in [7, 11) is 0. The Kier molecular flexibility index (Phi) is 6.48. The number of hydrogen-bond donors (Lipinski definition) is 4. The number of piperidine rings is 1. The van der Waals surface area contributed by atoms with Gasteiger partial charge in [0.1, 0.15) is 17.2 Å². The number of nitrogens with one attached hydrogen (secondary N) is 4. The van der Waals surface area contributed by atoms with E-state index in [0.29, 0.717) is 29.2 Å². The predicted octanol–water partition coefficient (Wildman–Crippen LogP) is 6.30. The number of carbonyl (C=O) groups excluding carboxylic acids is 1. The van der Waals surface area contributed by atoms with Gasteiger partial charge in [0, 0.05) is 40.7 Å². The number of aromatic nitrogens is 5. The molecular formula is C32H28FN7O. The van der Waals surface area contributed by atoms with Gasteiger partial charge in [-0.1, -0.05) is 24.3 Å². The van der Waals surface area contributed by atoms with E-state index in [0.717, 1.165) is 70.3 Å². The van der Waals surface area contributed by atoms with E-state index in [2.05, 4.69) is 41.8 Å². The van der Waals surface area contributed by atoms with Gasteiger partial charge in [0.2, 0.25) is 5.91 Å². The molecule has 41 heavy (non-hydrogen) atoms. The van der Waals surface area contributed by atoms with Crippen molar-refractivity contribution < 1.29 is 9.18 Å². The molecule has 1 aliphatic heterocycles. The number of amides is 1. The van der Waals surface area contributed by atoms with Crippen molar-refractivity contribution in [1.82, 2.24) is 30.5 Å². The Hall–Kier alpha value is -4.89. The van der Waals surface area contributed by atoms with Gasteiger partial charge in [0.25, 0.3) is 0 Å². The summed E-state index contributed by atoms with van der Waals surface area (Å²) in [5.41, 5.74) is 6.85. The van der Waals surface area contributed by atoms with Gasteiger partial charge in [-0.15, -0.1) is 0 Å². The number of pyridine rings is 2. The van der Waals surface area contributed by atoms with E-state index < -0.39 is 0 Å². The van der Waals surface area contributed by atoms with Crippen molar-refractivity contribution in [1.29, 1.82) is 0 Å². The van der Waals surface area contributed by atoms with Crippen LogP contribution in [0.3, 0.4) is 0 Å². The number of carbonyl (C=O) groups is 1. The third-order valence-electron chi connectivity index (χ3n) is 7.80. The Morgan fingerprint density at radius 3 is 2.71 bits per heavy atom. The third kappa shape index (κ3) is 4.96. The fraction of sp³-hybridized carbons (Fsp3) is 0.188. The third-order valence-corrected chi connectivity index (χ3v) is 7.80. The maximum absolute atomic E-state index is 14.6. The quantitative estimate of drug-likeness (QED) is 0.196. The highest BCUT2D eigenvalue weighted by atomic mass is 19.1. The molecule has 7 rings (SSSR count). The van der Waals surface area contributed by atoms with Crippen LogP contribution in [0.1, 0.15) is 19.3 Å². The number of anilines is 1. The summed E-state index contributed by atoms with van der Waals surface area (Å²) in [6.45, 7) is 1.93.